The van der Waals surface area contributed by atoms with Crippen LogP contribution in [0.4, 0.5) is 4.39 Å². The Balaban J connectivity index is 1.62. The predicted molar refractivity (Wildman–Crippen MR) is 139 cm³/mol. The number of aryl methyl sites for hydroxylation is 3. The lowest BCUT2D eigenvalue weighted by Crippen LogP contribution is -2.17. The molecular formula is C30H29FN2O4. The van der Waals surface area contributed by atoms with Crippen LogP contribution in [-0.2, 0) is 28.9 Å². The van der Waals surface area contributed by atoms with Crippen molar-refractivity contribution >= 4 is 5.97 Å². The first-order valence-electron chi connectivity index (χ1n) is 12.3. The molecule has 0 saturated carbocycles. The quantitative estimate of drug-likeness (QED) is 0.224. The molecule has 1 heterocycles. The number of hydrogen-bond acceptors (Lipinski definition) is 5. The van der Waals surface area contributed by atoms with E-state index >= 15 is 4.39 Å². The molecule has 0 aliphatic heterocycles. The largest absolute Gasteiger partial charge is 0.352 e. The van der Waals surface area contributed by atoms with Gasteiger partial charge in [-0.3, -0.25) is 14.6 Å². The molecule has 0 spiro atoms. The van der Waals surface area contributed by atoms with Gasteiger partial charge in [0.1, 0.15) is 5.82 Å². The average Bonchev–Trinajstić information content (AvgIpc) is 2.91. The molecule has 0 amide bonds. The molecule has 0 aliphatic rings. The van der Waals surface area contributed by atoms with Crippen LogP contribution in [0.2, 0.25) is 0 Å². The van der Waals surface area contributed by atoms with Crippen molar-refractivity contribution in [1.29, 1.82) is 0 Å². The van der Waals surface area contributed by atoms with Crippen LogP contribution < -0.4 is 10.4 Å². The molecular weight excluding hydrogens is 471 g/mol. The molecule has 3 aromatic carbocycles. The summed E-state index contributed by atoms with van der Waals surface area (Å²) in [7, 11) is 0. The van der Waals surface area contributed by atoms with E-state index < -0.39 is 5.97 Å². The van der Waals surface area contributed by atoms with Gasteiger partial charge >= 0.3 is 5.97 Å². The van der Waals surface area contributed by atoms with E-state index in [0.717, 1.165) is 22.4 Å². The topological polar surface area (TPSA) is 81.3 Å². The molecule has 6 nitrogen and oxygen atoms in total. The maximum absolute atomic E-state index is 15.1. The van der Waals surface area contributed by atoms with Crippen molar-refractivity contribution in [3.05, 3.63) is 129 Å². The van der Waals surface area contributed by atoms with Gasteiger partial charge in [0.25, 0.3) is 5.56 Å². The Kier molecular flexibility index (Phi) is 8.46. The Labute approximate surface area is 215 Å². The van der Waals surface area contributed by atoms with Crippen LogP contribution in [0.5, 0.6) is 5.75 Å². The molecule has 37 heavy (non-hydrogen) atoms. The number of halogens is 1. The molecule has 190 valence electrons. The summed E-state index contributed by atoms with van der Waals surface area (Å²) < 4.78 is 15.1. The zero-order chi connectivity index (χ0) is 26.2. The summed E-state index contributed by atoms with van der Waals surface area (Å²) in [6.07, 6.45) is 1.97. The third-order valence-electron chi connectivity index (χ3n) is 6.19. The first-order valence-corrected chi connectivity index (χ1v) is 12.3. The third kappa shape index (κ3) is 6.50. The molecule has 0 bridgehead atoms. The lowest BCUT2D eigenvalue weighted by atomic mass is 9.85. The molecule has 0 unspecified atom stereocenters. The lowest BCUT2D eigenvalue weighted by Gasteiger charge is -2.20. The SMILES string of the molecule is CCc1cc(OOC(C)=O)cc(CCCc2cc(=O)[nH]nc2C(c2ccccc2)c2ccccc2)c1F. The molecule has 1 N–H and O–H groups in total. The molecule has 0 fully saturated rings. The monoisotopic (exact) mass is 500 g/mol. The zero-order valence-corrected chi connectivity index (χ0v) is 20.9. The van der Waals surface area contributed by atoms with Gasteiger partial charge in [0, 0.05) is 13.0 Å². The number of carbonyl (C=O) groups excluding carboxylic acids is 1. The highest BCUT2D eigenvalue weighted by Gasteiger charge is 2.22. The number of aromatic nitrogens is 2. The van der Waals surface area contributed by atoms with Crippen LogP contribution in [0.15, 0.2) is 83.7 Å². The minimum absolute atomic E-state index is 0.168. The number of hydrogen-bond donors (Lipinski definition) is 1. The van der Waals surface area contributed by atoms with Crippen molar-refractivity contribution in [2.75, 3.05) is 0 Å². The van der Waals surface area contributed by atoms with E-state index in [1.807, 2.05) is 67.6 Å². The van der Waals surface area contributed by atoms with Gasteiger partial charge in [-0.2, -0.15) is 5.10 Å². The van der Waals surface area contributed by atoms with Gasteiger partial charge in [-0.05, 0) is 65.6 Å². The van der Waals surface area contributed by atoms with Gasteiger partial charge in [0.2, 0.25) is 0 Å². The van der Waals surface area contributed by atoms with Gasteiger partial charge in [0.15, 0.2) is 5.75 Å². The highest BCUT2D eigenvalue weighted by molar-refractivity contribution is 5.65. The van der Waals surface area contributed by atoms with Gasteiger partial charge in [0.05, 0.1) is 11.6 Å². The Morgan fingerprint density at radius 2 is 1.51 bits per heavy atom. The predicted octanol–water partition coefficient (Wildman–Crippen LogP) is 5.68. The van der Waals surface area contributed by atoms with Crippen molar-refractivity contribution in [1.82, 2.24) is 10.2 Å². The number of nitrogens with zero attached hydrogens (tertiary/aromatic N) is 1. The Morgan fingerprint density at radius 3 is 2.11 bits per heavy atom. The summed E-state index contributed by atoms with van der Waals surface area (Å²) in [6, 6.07) is 24.7. The van der Waals surface area contributed by atoms with Crippen LogP contribution >= 0.6 is 0 Å². The second kappa shape index (κ2) is 12.1. The van der Waals surface area contributed by atoms with Gasteiger partial charge in [-0.25, -0.2) is 14.3 Å². The summed E-state index contributed by atoms with van der Waals surface area (Å²) in [5.74, 6) is -0.786. The molecule has 0 atom stereocenters. The third-order valence-corrected chi connectivity index (χ3v) is 6.19. The summed E-state index contributed by atoms with van der Waals surface area (Å²) in [5, 5.41) is 7.08. The maximum Gasteiger partial charge on any atom is 0.352 e. The van der Waals surface area contributed by atoms with Crippen molar-refractivity contribution in [2.45, 2.75) is 45.4 Å². The smallest absolute Gasteiger partial charge is 0.287 e. The highest BCUT2D eigenvalue weighted by Crippen LogP contribution is 2.32. The molecule has 0 aliphatic carbocycles. The van der Waals surface area contributed by atoms with E-state index in [-0.39, 0.29) is 23.0 Å². The summed E-state index contributed by atoms with van der Waals surface area (Å²) in [6.45, 7) is 3.08. The van der Waals surface area contributed by atoms with Crippen LogP contribution in [-0.4, -0.2) is 16.2 Å². The maximum atomic E-state index is 15.1. The second-order valence-electron chi connectivity index (χ2n) is 8.82. The number of carbonyl (C=O) groups is 1. The first-order chi connectivity index (χ1) is 18.0. The van der Waals surface area contributed by atoms with Crippen LogP contribution in [0.3, 0.4) is 0 Å². The molecule has 0 radical (unpaired) electrons. The standard InChI is InChI=1S/C30H29FN2O4/c1-3-21-17-26(37-36-20(2)34)18-24(29(21)31)15-10-16-25-19-27(35)32-33-30(25)28(22-11-6-4-7-12-22)23-13-8-5-9-14-23/h4-9,11-14,17-19,28H,3,10,15-16H2,1-2H3,(H,32,35). The molecule has 4 aromatic rings. The fourth-order valence-corrected chi connectivity index (χ4v) is 4.48. The Bertz CT molecular complexity index is 1370. The van der Waals surface area contributed by atoms with Crippen molar-refractivity contribution in [3.8, 4) is 5.75 Å². The number of aromatic amines is 1. The first kappa shape index (κ1) is 25.8. The fourth-order valence-electron chi connectivity index (χ4n) is 4.48. The van der Waals surface area contributed by atoms with Crippen LogP contribution in [0.1, 0.15) is 59.7 Å². The van der Waals surface area contributed by atoms with E-state index in [4.69, 9.17) is 4.89 Å². The highest BCUT2D eigenvalue weighted by atomic mass is 19.1. The van der Waals surface area contributed by atoms with E-state index in [1.54, 1.807) is 12.1 Å². The summed E-state index contributed by atoms with van der Waals surface area (Å²) in [4.78, 5) is 33.1. The molecule has 7 heteroatoms. The van der Waals surface area contributed by atoms with Crippen LogP contribution in [0.25, 0.3) is 0 Å². The Morgan fingerprint density at radius 1 is 0.919 bits per heavy atom. The number of rotatable bonds is 10. The normalized spacial score (nSPS) is 10.9. The number of nitrogens with one attached hydrogen (secondary N) is 1. The minimum atomic E-state index is -0.593. The number of H-pyrrole nitrogens is 1. The van der Waals surface area contributed by atoms with Crippen molar-refractivity contribution in [2.24, 2.45) is 0 Å². The van der Waals surface area contributed by atoms with E-state index in [0.29, 0.717) is 36.8 Å². The fraction of sp³-hybridized carbons (Fsp3) is 0.233. The molecule has 4 rings (SSSR count). The lowest BCUT2D eigenvalue weighted by molar-refractivity contribution is -0.210. The summed E-state index contributed by atoms with van der Waals surface area (Å²) in [5.41, 5.74) is 4.35. The van der Waals surface area contributed by atoms with Gasteiger partial charge in [-0.15, -0.1) is 0 Å². The summed E-state index contributed by atoms with van der Waals surface area (Å²) >= 11 is 0. The number of benzene rings is 3. The van der Waals surface area contributed by atoms with Crippen molar-refractivity contribution in [3.63, 3.8) is 0 Å². The Hall–Kier alpha value is -4.26. The van der Waals surface area contributed by atoms with Gasteiger partial charge in [-0.1, -0.05) is 67.6 Å². The second-order valence-corrected chi connectivity index (χ2v) is 8.82. The minimum Gasteiger partial charge on any atom is -0.287 e. The van der Waals surface area contributed by atoms with Crippen LogP contribution in [0, 0.1) is 5.82 Å². The van der Waals surface area contributed by atoms with E-state index in [2.05, 4.69) is 15.1 Å². The molecule has 1 aromatic heterocycles. The molecule has 0 saturated heterocycles. The van der Waals surface area contributed by atoms with Gasteiger partial charge < -0.3 is 0 Å². The van der Waals surface area contributed by atoms with E-state index in [1.165, 1.54) is 13.0 Å². The zero-order valence-electron chi connectivity index (χ0n) is 20.9. The average molecular weight is 501 g/mol. The van der Waals surface area contributed by atoms with E-state index in [9.17, 15) is 9.59 Å². The van der Waals surface area contributed by atoms with Crippen molar-refractivity contribution < 1.29 is 19.0 Å².